The number of aromatic nitrogens is 2. The lowest BCUT2D eigenvalue weighted by Gasteiger charge is -2.04. The highest BCUT2D eigenvalue weighted by Crippen LogP contribution is 2.26. The normalized spacial score (nSPS) is 10.5. The maximum absolute atomic E-state index is 11.0. The van der Waals surface area contributed by atoms with E-state index in [1.165, 1.54) is 12.3 Å². The number of aryl methyl sites for hydroxylation is 1. The number of halogens is 3. The molecule has 0 saturated carbocycles. The lowest BCUT2D eigenvalue weighted by Crippen LogP contribution is -2.00. The van der Waals surface area contributed by atoms with Gasteiger partial charge in [0, 0.05) is 23.2 Å². The van der Waals surface area contributed by atoms with Crippen LogP contribution in [0.1, 0.15) is 26.3 Å². The van der Waals surface area contributed by atoms with Crippen molar-refractivity contribution in [3.05, 3.63) is 80.6 Å². The van der Waals surface area contributed by atoms with Gasteiger partial charge in [-0.3, -0.25) is 9.97 Å². The SMILES string of the molecule is Cc1cnc2c(C(=O)O)c(Cl)ccc2c1.O=C(O)c1c(Cl)ccc2cc(Cl)cnc12. The number of carbonyl (C=O) groups is 2. The first kappa shape index (κ1) is 21.8. The first-order valence-electron chi connectivity index (χ1n) is 8.44. The average Bonchev–Trinajstić information content (AvgIpc) is 2.68. The predicted molar refractivity (Wildman–Crippen MR) is 117 cm³/mol. The zero-order valence-electron chi connectivity index (χ0n) is 15.4. The minimum atomic E-state index is -1.10. The van der Waals surface area contributed by atoms with Crippen molar-refractivity contribution in [3.63, 3.8) is 0 Å². The molecule has 0 saturated heterocycles. The van der Waals surface area contributed by atoms with Crippen molar-refractivity contribution in [1.29, 1.82) is 0 Å². The Morgan fingerprint density at radius 1 is 0.767 bits per heavy atom. The second-order valence-corrected chi connectivity index (χ2v) is 7.52. The molecule has 0 bridgehead atoms. The molecule has 6 nitrogen and oxygen atoms in total. The van der Waals surface area contributed by atoms with Gasteiger partial charge in [0.05, 0.1) is 26.1 Å². The van der Waals surface area contributed by atoms with Crippen molar-refractivity contribution < 1.29 is 19.8 Å². The van der Waals surface area contributed by atoms with Crippen LogP contribution in [0.25, 0.3) is 21.8 Å². The van der Waals surface area contributed by atoms with Gasteiger partial charge in [0.15, 0.2) is 0 Å². The molecular weight excluding hydrogens is 451 g/mol. The topological polar surface area (TPSA) is 100 Å². The minimum Gasteiger partial charge on any atom is -0.478 e. The van der Waals surface area contributed by atoms with Gasteiger partial charge in [0.2, 0.25) is 0 Å². The Morgan fingerprint density at radius 3 is 1.73 bits per heavy atom. The molecule has 2 N–H and O–H groups in total. The van der Waals surface area contributed by atoms with E-state index in [-0.39, 0.29) is 21.2 Å². The fraction of sp³-hybridized carbons (Fsp3) is 0.0476. The molecule has 0 fully saturated rings. The maximum atomic E-state index is 11.0. The molecule has 2 heterocycles. The van der Waals surface area contributed by atoms with Crippen molar-refractivity contribution in [2.24, 2.45) is 0 Å². The maximum Gasteiger partial charge on any atom is 0.339 e. The van der Waals surface area contributed by atoms with E-state index in [2.05, 4.69) is 9.97 Å². The summed E-state index contributed by atoms with van der Waals surface area (Å²) in [5.41, 5.74) is 1.83. The van der Waals surface area contributed by atoms with E-state index >= 15 is 0 Å². The van der Waals surface area contributed by atoms with E-state index in [0.717, 1.165) is 10.9 Å². The standard InChI is InChI=1S/C11H8ClNO2.C10H5Cl2NO2/c1-6-4-7-2-3-8(12)9(11(14)15)10(7)13-5-6;11-6-3-5-1-2-7(12)8(10(14)15)9(5)13-4-6/h2-5H,1H3,(H,14,15);1-4H,(H,14,15). The van der Waals surface area contributed by atoms with Crippen LogP contribution in [-0.4, -0.2) is 32.1 Å². The molecule has 0 radical (unpaired) electrons. The summed E-state index contributed by atoms with van der Waals surface area (Å²) in [7, 11) is 0. The van der Waals surface area contributed by atoms with E-state index in [1.807, 2.05) is 13.0 Å². The Kier molecular flexibility index (Phi) is 6.41. The second-order valence-electron chi connectivity index (χ2n) is 6.26. The lowest BCUT2D eigenvalue weighted by atomic mass is 10.1. The Labute approximate surface area is 185 Å². The number of carboxylic acid groups (broad SMARTS) is 2. The van der Waals surface area contributed by atoms with Crippen LogP contribution in [-0.2, 0) is 0 Å². The third kappa shape index (κ3) is 4.46. The number of pyridine rings is 2. The Bertz CT molecular complexity index is 1210. The summed E-state index contributed by atoms with van der Waals surface area (Å²) >= 11 is 17.3. The molecule has 0 amide bonds. The van der Waals surface area contributed by atoms with E-state index in [9.17, 15) is 9.59 Å². The average molecular weight is 464 g/mol. The van der Waals surface area contributed by atoms with Gasteiger partial charge >= 0.3 is 11.9 Å². The molecule has 0 spiro atoms. The first-order chi connectivity index (χ1) is 14.2. The number of hydrogen-bond acceptors (Lipinski definition) is 4. The van der Waals surface area contributed by atoms with Gasteiger partial charge in [-0.1, -0.05) is 46.9 Å². The highest BCUT2D eigenvalue weighted by molar-refractivity contribution is 6.36. The number of fused-ring (bicyclic) bond motifs is 2. The van der Waals surface area contributed by atoms with Gasteiger partial charge in [0.1, 0.15) is 11.1 Å². The van der Waals surface area contributed by atoms with Gasteiger partial charge in [-0.25, -0.2) is 9.59 Å². The molecule has 0 aliphatic heterocycles. The fourth-order valence-corrected chi connectivity index (χ4v) is 3.48. The number of aromatic carboxylic acids is 2. The van der Waals surface area contributed by atoms with Crippen LogP contribution in [0.5, 0.6) is 0 Å². The summed E-state index contributed by atoms with van der Waals surface area (Å²) in [5.74, 6) is -2.15. The molecule has 0 aliphatic rings. The van der Waals surface area contributed by atoms with Gasteiger partial charge in [-0.15, -0.1) is 0 Å². The zero-order valence-corrected chi connectivity index (χ0v) is 17.6. The van der Waals surface area contributed by atoms with Crippen molar-refractivity contribution in [1.82, 2.24) is 9.97 Å². The molecule has 0 atom stereocenters. The van der Waals surface area contributed by atoms with Crippen molar-refractivity contribution >= 4 is 68.5 Å². The smallest absolute Gasteiger partial charge is 0.339 e. The van der Waals surface area contributed by atoms with E-state index in [0.29, 0.717) is 21.4 Å². The number of carboxylic acids is 2. The largest absolute Gasteiger partial charge is 0.478 e. The van der Waals surface area contributed by atoms with Crippen LogP contribution in [0.15, 0.2) is 48.8 Å². The zero-order chi connectivity index (χ0) is 22.0. The van der Waals surface area contributed by atoms with E-state index < -0.39 is 11.9 Å². The van der Waals surface area contributed by atoms with Crippen molar-refractivity contribution in [2.45, 2.75) is 6.92 Å². The summed E-state index contributed by atoms with van der Waals surface area (Å²) in [6.45, 7) is 1.90. The molecule has 9 heteroatoms. The van der Waals surface area contributed by atoms with Gasteiger partial charge in [0.25, 0.3) is 0 Å². The highest BCUT2D eigenvalue weighted by atomic mass is 35.5. The molecule has 0 aliphatic carbocycles. The Balaban J connectivity index is 0.000000171. The summed E-state index contributed by atoms with van der Waals surface area (Å²) in [5, 5.41) is 20.3. The third-order valence-corrected chi connectivity index (χ3v) is 4.97. The number of hydrogen-bond donors (Lipinski definition) is 2. The molecule has 4 aromatic rings. The number of nitrogens with zero attached hydrogens (tertiary/aromatic N) is 2. The highest BCUT2D eigenvalue weighted by Gasteiger charge is 2.15. The Morgan fingerprint density at radius 2 is 1.23 bits per heavy atom. The molecule has 0 unspecified atom stereocenters. The Hall–Kier alpha value is -2.93. The molecular formula is C21H13Cl3N2O4. The van der Waals surface area contributed by atoms with Crippen LogP contribution < -0.4 is 0 Å². The van der Waals surface area contributed by atoms with Crippen LogP contribution in [0, 0.1) is 6.92 Å². The quantitative estimate of drug-likeness (QED) is 0.370. The lowest BCUT2D eigenvalue weighted by molar-refractivity contribution is 0.0688. The van der Waals surface area contributed by atoms with E-state index in [4.69, 9.17) is 45.0 Å². The molecule has 30 heavy (non-hydrogen) atoms. The third-order valence-electron chi connectivity index (χ3n) is 4.14. The summed E-state index contributed by atoms with van der Waals surface area (Å²) in [6, 6.07) is 10.1. The summed E-state index contributed by atoms with van der Waals surface area (Å²) in [6.07, 6.45) is 3.03. The first-order valence-corrected chi connectivity index (χ1v) is 9.57. The van der Waals surface area contributed by atoms with Crippen LogP contribution in [0.2, 0.25) is 15.1 Å². The van der Waals surface area contributed by atoms with Crippen molar-refractivity contribution in [3.8, 4) is 0 Å². The molecule has 4 rings (SSSR count). The van der Waals surface area contributed by atoms with Gasteiger partial charge in [-0.05, 0) is 36.8 Å². The van der Waals surface area contributed by atoms with Crippen LogP contribution in [0.4, 0.5) is 0 Å². The number of rotatable bonds is 2. The predicted octanol–water partition coefficient (Wildman–Crippen LogP) is 6.13. The fourth-order valence-electron chi connectivity index (χ4n) is 2.84. The molecule has 2 aromatic carbocycles. The molecule has 152 valence electrons. The number of benzene rings is 2. The molecule has 2 aromatic heterocycles. The monoisotopic (exact) mass is 462 g/mol. The van der Waals surface area contributed by atoms with Gasteiger partial charge < -0.3 is 10.2 Å². The second kappa shape index (κ2) is 8.83. The van der Waals surface area contributed by atoms with E-state index in [1.54, 1.807) is 30.5 Å². The summed E-state index contributed by atoms with van der Waals surface area (Å²) in [4.78, 5) is 30.0. The minimum absolute atomic E-state index is 0.00540. The van der Waals surface area contributed by atoms with Crippen LogP contribution in [0.3, 0.4) is 0 Å². The van der Waals surface area contributed by atoms with Crippen LogP contribution >= 0.6 is 34.8 Å². The van der Waals surface area contributed by atoms with Gasteiger partial charge in [-0.2, -0.15) is 0 Å². The summed E-state index contributed by atoms with van der Waals surface area (Å²) < 4.78 is 0. The van der Waals surface area contributed by atoms with Crippen molar-refractivity contribution in [2.75, 3.05) is 0 Å².